The third-order valence-electron chi connectivity index (χ3n) is 2.31. The van der Waals surface area contributed by atoms with Crippen molar-refractivity contribution in [2.75, 3.05) is 13.6 Å². The zero-order chi connectivity index (χ0) is 12.2. The summed E-state index contributed by atoms with van der Waals surface area (Å²) in [5, 5.41) is 12.6. The molecule has 0 heterocycles. The average Bonchev–Trinajstić information content (AvgIpc) is 2.16. The van der Waals surface area contributed by atoms with Crippen LogP contribution in [0.2, 0.25) is 0 Å². The molecule has 0 radical (unpaired) electrons. The molecule has 0 saturated carbocycles. The topological polar surface area (TPSA) is 32.3 Å². The van der Waals surface area contributed by atoms with Gasteiger partial charge in [0, 0.05) is 13.0 Å². The Bertz CT molecular complexity index is 336. The fourth-order valence-electron chi connectivity index (χ4n) is 1.66. The average molecular weight is 229 g/mol. The van der Waals surface area contributed by atoms with Crippen LogP contribution in [0.15, 0.2) is 24.3 Å². The predicted octanol–water partition coefficient (Wildman–Crippen LogP) is 2.14. The Balaban J connectivity index is 2.91. The van der Waals surface area contributed by atoms with E-state index in [1.165, 1.54) is 0 Å². The zero-order valence-electron chi connectivity index (χ0n) is 9.50. The fraction of sp³-hybridized carbons (Fsp3) is 0.500. The van der Waals surface area contributed by atoms with Gasteiger partial charge in [-0.25, -0.2) is 8.78 Å². The van der Waals surface area contributed by atoms with Crippen molar-refractivity contribution in [3.8, 4) is 0 Å². The van der Waals surface area contributed by atoms with Crippen LogP contribution in [0.3, 0.4) is 0 Å². The molecule has 90 valence electrons. The van der Waals surface area contributed by atoms with E-state index in [1.54, 1.807) is 31.3 Å². The highest BCUT2D eigenvalue weighted by atomic mass is 19.3. The third-order valence-corrected chi connectivity index (χ3v) is 2.31. The molecule has 1 unspecified atom stereocenters. The quantitative estimate of drug-likeness (QED) is 0.810. The van der Waals surface area contributed by atoms with Gasteiger partial charge in [0.1, 0.15) is 0 Å². The molecule has 1 rings (SSSR count). The first-order valence-electron chi connectivity index (χ1n) is 5.22. The Hall–Kier alpha value is -1.00. The van der Waals surface area contributed by atoms with Crippen molar-refractivity contribution in [3.05, 3.63) is 35.4 Å². The molecule has 2 nitrogen and oxygen atoms in total. The van der Waals surface area contributed by atoms with Gasteiger partial charge >= 0.3 is 0 Å². The van der Waals surface area contributed by atoms with Crippen molar-refractivity contribution in [2.45, 2.75) is 25.4 Å². The minimum atomic E-state index is -2.75. The second kappa shape index (κ2) is 5.37. The Morgan fingerprint density at radius 3 is 2.56 bits per heavy atom. The smallest absolute Gasteiger partial charge is 0.249 e. The summed E-state index contributed by atoms with van der Waals surface area (Å²) in [6.07, 6.45) is -1.09. The number of hydrogen-bond acceptors (Lipinski definition) is 2. The number of rotatable bonds is 5. The van der Waals surface area contributed by atoms with Crippen LogP contribution in [0.4, 0.5) is 8.78 Å². The maximum absolute atomic E-state index is 12.9. The number of benzene rings is 1. The fourth-order valence-corrected chi connectivity index (χ4v) is 1.66. The number of halogens is 2. The second-order valence-corrected chi connectivity index (χ2v) is 4.02. The summed E-state index contributed by atoms with van der Waals surface area (Å²) in [7, 11) is 1.71. The molecule has 1 aromatic rings. The second-order valence-electron chi connectivity index (χ2n) is 4.02. The molecule has 2 N–H and O–H groups in total. The molecular formula is C12H17F2NO. The van der Waals surface area contributed by atoms with Crippen molar-refractivity contribution in [1.29, 1.82) is 0 Å². The van der Waals surface area contributed by atoms with Crippen LogP contribution in [-0.4, -0.2) is 24.6 Å². The molecule has 0 aliphatic rings. The van der Waals surface area contributed by atoms with Crippen molar-refractivity contribution >= 4 is 0 Å². The normalized spacial score (nSPS) is 13.8. The van der Waals surface area contributed by atoms with E-state index in [2.05, 4.69) is 5.32 Å². The monoisotopic (exact) mass is 229 g/mol. The number of alkyl halides is 2. The van der Waals surface area contributed by atoms with Gasteiger partial charge in [-0.3, -0.25) is 0 Å². The van der Waals surface area contributed by atoms with Crippen molar-refractivity contribution < 1.29 is 13.9 Å². The predicted molar refractivity (Wildman–Crippen MR) is 59.7 cm³/mol. The van der Waals surface area contributed by atoms with Crippen LogP contribution >= 0.6 is 0 Å². The molecule has 1 atom stereocenters. The van der Waals surface area contributed by atoms with Gasteiger partial charge in [-0.05, 0) is 25.1 Å². The molecule has 1 aromatic carbocycles. The van der Waals surface area contributed by atoms with Crippen LogP contribution in [-0.2, 0) is 6.42 Å². The summed E-state index contributed by atoms with van der Waals surface area (Å²) < 4.78 is 25.9. The lowest BCUT2D eigenvalue weighted by Gasteiger charge is -2.17. The van der Waals surface area contributed by atoms with E-state index in [4.69, 9.17) is 0 Å². The first-order valence-corrected chi connectivity index (χ1v) is 5.22. The first-order chi connectivity index (χ1) is 7.44. The number of hydrogen-bond donors (Lipinski definition) is 2. The van der Waals surface area contributed by atoms with E-state index in [1.807, 2.05) is 0 Å². The number of likely N-dealkylation sites (N-methyl/N-ethyl adjacent to an activating group) is 1. The third kappa shape index (κ3) is 3.87. The Morgan fingerprint density at radius 1 is 1.38 bits per heavy atom. The standard InChI is InChI=1S/C12H17F2NO/c1-12(13,14)7-9-5-3-4-6-10(9)11(16)8-15-2/h3-6,11,15-16H,7-8H2,1-2H3. The van der Waals surface area contributed by atoms with Crippen LogP contribution in [0.25, 0.3) is 0 Å². The summed E-state index contributed by atoms with van der Waals surface area (Å²) >= 11 is 0. The van der Waals surface area contributed by atoms with E-state index >= 15 is 0 Å². The minimum absolute atomic E-state index is 0.343. The summed E-state index contributed by atoms with van der Waals surface area (Å²) in [6, 6.07) is 6.76. The van der Waals surface area contributed by atoms with Gasteiger partial charge in [0.05, 0.1) is 6.10 Å². The summed E-state index contributed by atoms with van der Waals surface area (Å²) in [5.74, 6) is -2.75. The lowest BCUT2D eigenvalue weighted by molar-refractivity contribution is 0.0219. The van der Waals surface area contributed by atoms with Gasteiger partial charge in [0.25, 0.3) is 0 Å². The van der Waals surface area contributed by atoms with Gasteiger partial charge in [0.15, 0.2) is 0 Å². The van der Waals surface area contributed by atoms with Gasteiger partial charge < -0.3 is 10.4 Å². The molecule has 0 saturated heterocycles. The first kappa shape index (κ1) is 13.1. The van der Waals surface area contributed by atoms with Crippen LogP contribution in [0, 0.1) is 0 Å². The molecule has 0 aromatic heterocycles. The zero-order valence-corrected chi connectivity index (χ0v) is 9.50. The summed E-state index contributed by atoms with van der Waals surface area (Å²) in [6.45, 7) is 1.24. The van der Waals surface area contributed by atoms with Gasteiger partial charge in [-0.15, -0.1) is 0 Å². The van der Waals surface area contributed by atoms with Crippen LogP contribution in [0.5, 0.6) is 0 Å². The lowest BCUT2D eigenvalue weighted by Crippen LogP contribution is -2.20. The maximum Gasteiger partial charge on any atom is 0.249 e. The van der Waals surface area contributed by atoms with Crippen molar-refractivity contribution in [1.82, 2.24) is 5.32 Å². The van der Waals surface area contributed by atoms with Gasteiger partial charge in [0.2, 0.25) is 5.92 Å². The highest BCUT2D eigenvalue weighted by Crippen LogP contribution is 2.24. The van der Waals surface area contributed by atoms with Crippen molar-refractivity contribution in [2.24, 2.45) is 0 Å². The number of aliphatic hydroxyl groups is 1. The Morgan fingerprint density at radius 2 is 2.00 bits per heavy atom. The highest BCUT2D eigenvalue weighted by molar-refractivity contribution is 5.30. The van der Waals surface area contributed by atoms with Gasteiger partial charge in [-0.1, -0.05) is 24.3 Å². The molecule has 0 spiro atoms. The van der Waals surface area contributed by atoms with Gasteiger partial charge in [-0.2, -0.15) is 0 Å². The molecule has 0 aliphatic heterocycles. The lowest BCUT2D eigenvalue weighted by atomic mass is 9.97. The maximum atomic E-state index is 12.9. The molecular weight excluding hydrogens is 212 g/mol. The molecule has 16 heavy (non-hydrogen) atoms. The molecule has 0 amide bonds. The molecule has 0 bridgehead atoms. The van der Waals surface area contributed by atoms with E-state index in [0.717, 1.165) is 6.92 Å². The molecule has 4 heteroatoms. The molecule has 0 aliphatic carbocycles. The number of nitrogens with one attached hydrogen (secondary N) is 1. The van der Waals surface area contributed by atoms with E-state index < -0.39 is 12.0 Å². The van der Waals surface area contributed by atoms with Crippen LogP contribution < -0.4 is 5.32 Å². The van der Waals surface area contributed by atoms with E-state index in [0.29, 0.717) is 17.7 Å². The Labute approximate surface area is 94.3 Å². The highest BCUT2D eigenvalue weighted by Gasteiger charge is 2.24. The minimum Gasteiger partial charge on any atom is -0.387 e. The summed E-state index contributed by atoms with van der Waals surface area (Å²) in [5.41, 5.74) is 1.07. The number of aliphatic hydroxyl groups excluding tert-OH is 1. The van der Waals surface area contributed by atoms with Crippen LogP contribution in [0.1, 0.15) is 24.2 Å². The van der Waals surface area contributed by atoms with E-state index in [-0.39, 0.29) is 6.42 Å². The van der Waals surface area contributed by atoms with Crippen molar-refractivity contribution in [3.63, 3.8) is 0 Å². The largest absolute Gasteiger partial charge is 0.387 e. The van der Waals surface area contributed by atoms with E-state index in [9.17, 15) is 13.9 Å². The Kier molecular flexibility index (Phi) is 4.38. The SMILES string of the molecule is CNCC(O)c1ccccc1CC(C)(F)F. The molecule has 0 fully saturated rings. The summed E-state index contributed by atoms with van der Waals surface area (Å²) in [4.78, 5) is 0.